The van der Waals surface area contributed by atoms with Crippen LogP contribution in [0.15, 0.2) is 54.6 Å². The molecular weight excluding hydrogens is 331 g/mol. The lowest BCUT2D eigenvalue weighted by atomic mass is 9.78. The first kappa shape index (κ1) is 18.4. The summed E-state index contributed by atoms with van der Waals surface area (Å²) in [7, 11) is 0. The SMILES string of the molecule is CC1CN(CCC(=O)Nc2ccccc2)CCC1(F)c1cccc(O)c1. The zero-order valence-electron chi connectivity index (χ0n) is 15.0. The van der Waals surface area contributed by atoms with Crippen LogP contribution < -0.4 is 5.32 Å². The number of phenols is 1. The average Bonchev–Trinajstić information content (AvgIpc) is 2.63. The van der Waals surface area contributed by atoms with Gasteiger partial charge in [-0.3, -0.25) is 4.79 Å². The summed E-state index contributed by atoms with van der Waals surface area (Å²) in [5.41, 5.74) is -0.121. The predicted octanol–water partition coefficient (Wildman–Crippen LogP) is 3.93. The lowest BCUT2D eigenvalue weighted by Crippen LogP contribution is -2.47. The number of hydrogen-bond acceptors (Lipinski definition) is 3. The van der Waals surface area contributed by atoms with Crippen molar-refractivity contribution >= 4 is 11.6 Å². The number of anilines is 1. The maximum atomic E-state index is 15.5. The predicted molar refractivity (Wildman–Crippen MR) is 101 cm³/mol. The van der Waals surface area contributed by atoms with E-state index in [4.69, 9.17) is 0 Å². The number of carbonyl (C=O) groups is 1. The fourth-order valence-corrected chi connectivity index (χ4v) is 3.59. The highest BCUT2D eigenvalue weighted by atomic mass is 19.1. The molecule has 138 valence electrons. The topological polar surface area (TPSA) is 52.6 Å². The van der Waals surface area contributed by atoms with Crippen molar-refractivity contribution in [1.29, 1.82) is 0 Å². The summed E-state index contributed by atoms with van der Waals surface area (Å²) in [5.74, 6) is -0.157. The summed E-state index contributed by atoms with van der Waals surface area (Å²) in [4.78, 5) is 14.2. The van der Waals surface area contributed by atoms with Gasteiger partial charge in [0.25, 0.3) is 0 Å². The number of benzene rings is 2. The molecular formula is C21H25FN2O2. The van der Waals surface area contributed by atoms with E-state index in [-0.39, 0.29) is 17.6 Å². The fraction of sp³-hybridized carbons (Fsp3) is 0.381. The van der Waals surface area contributed by atoms with E-state index in [0.717, 1.165) is 5.69 Å². The number of amides is 1. The van der Waals surface area contributed by atoms with E-state index in [1.54, 1.807) is 18.2 Å². The Balaban J connectivity index is 1.53. The summed E-state index contributed by atoms with van der Waals surface area (Å²) in [6.45, 7) is 3.68. The van der Waals surface area contributed by atoms with Crippen molar-refractivity contribution in [3.63, 3.8) is 0 Å². The number of para-hydroxylation sites is 1. The van der Waals surface area contributed by atoms with Crippen LogP contribution in [0.2, 0.25) is 0 Å². The second-order valence-electron chi connectivity index (χ2n) is 7.03. The van der Waals surface area contributed by atoms with Crippen molar-refractivity contribution in [2.45, 2.75) is 25.4 Å². The van der Waals surface area contributed by atoms with Crippen LogP contribution in [0.1, 0.15) is 25.3 Å². The quantitative estimate of drug-likeness (QED) is 0.853. The molecule has 0 aromatic heterocycles. The van der Waals surface area contributed by atoms with Crippen LogP contribution in [0.5, 0.6) is 5.75 Å². The van der Waals surface area contributed by atoms with Crippen molar-refractivity contribution in [2.75, 3.05) is 25.0 Å². The normalized spacial score (nSPS) is 23.5. The van der Waals surface area contributed by atoms with Crippen LogP contribution in [-0.2, 0) is 10.5 Å². The molecule has 2 atom stereocenters. The van der Waals surface area contributed by atoms with Gasteiger partial charge in [-0.2, -0.15) is 0 Å². The van der Waals surface area contributed by atoms with Crippen LogP contribution in [0.3, 0.4) is 0 Å². The second kappa shape index (κ2) is 7.87. The third kappa shape index (κ3) is 4.22. The smallest absolute Gasteiger partial charge is 0.225 e. The number of piperidine rings is 1. The molecule has 1 fully saturated rings. The Labute approximate surface area is 153 Å². The maximum absolute atomic E-state index is 15.5. The van der Waals surface area contributed by atoms with Crippen LogP contribution >= 0.6 is 0 Å². The van der Waals surface area contributed by atoms with Gasteiger partial charge >= 0.3 is 0 Å². The van der Waals surface area contributed by atoms with E-state index in [1.807, 2.05) is 37.3 Å². The maximum Gasteiger partial charge on any atom is 0.225 e. The molecule has 0 saturated carbocycles. The highest BCUT2D eigenvalue weighted by molar-refractivity contribution is 5.90. The molecule has 1 aliphatic rings. The van der Waals surface area contributed by atoms with Gasteiger partial charge in [-0.25, -0.2) is 4.39 Å². The summed E-state index contributed by atoms with van der Waals surface area (Å²) in [6, 6.07) is 15.9. The Morgan fingerprint density at radius 2 is 2.04 bits per heavy atom. The number of rotatable bonds is 5. The zero-order chi connectivity index (χ0) is 18.6. The molecule has 3 rings (SSSR count). The monoisotopic (exact) mass is 356 g/mol. The number of alkyl halides is 1. The summed E-state index contributed by atoms with van der Waals surface area (Å²) in [6.07, 6.45) is 0.741. The van der Waals surface area contributed by atoms with Crippen molar-refractivity contribution in [3.8, 4) is 5.75 Å². The number of nitrogens with one attached hydrogen (secondary N) is 1. The van der Waals surface area contributed by atoms with E-state index in [2.05, 4.69) is 10.2 Å². The Morgan fingerprint density at radius 3 is 2.73 bits per heavy atom. The standard InChI is InChI=1S/C21H25FN2O2/c1-16-15-24(12-10-20(26)23-18-7-3-2-4-8-18)13-11-21(16,22)17-6-5-9-19(25)14-17/h2-9,14,16,25H,10-13,15H2,1H3,(H,23,26). The van der Waals surface area contributed by atoms with E-state index >= 15 is 4.39 Å². The highest BCUT2D eigenvalue weighted by Crippen LogP contribution is 2.41. The number of phenolic OH excluding ortho intramolecular Hbond substituents is 1. The molecule has 0 bridgehead atoms. The first-order valence-electron chi connectivity index (χ1n) is 9.03. The van der Waals surface area contributed by atoms with Gasteiger partial charge < -0.3 is 15.3 Å². The molecule has 2 aromatic carbocycles. The third-order valence-corrected chi connectivity index (χ3v) is 5.14. The Hall–Kier alpha value is -2.40. The van der Waals surface area contributed by atoms with Crippen molar-refractivity contribution in [2.24, 2.45) is 5.92 Å². The van der Waals surface area contributed by atoms with Crippen LogP contribution in [0.25, 0.3) is 0 Å². The van der Waals surface area contributed by atoms with E-state index < -0.39 is 5.67 Å². The minimum Gasteiger partial charge on any atom is -0.508 e. The van der Waals surface area contributed by atoms with Crippen molar-refractivity contribution in [3.05, 3.63) is 60.2 Å². The van der Waals surface area contributed by atoms with Crippen molar-refractivity contribution < 1.29 is 14.3 Å². The molecule has 0 spiro atoms. The molecule has 1 heterocycles. The number of aromatic hydroxyl groups is 1. The van der Waals surface area contributed by atoms with E-state index in [9.17, 15) is 9.90 Å². The van der Waals surface area contributed by atoms with Gasteiger partial charge in [0.2, 0.25) is 5.91 Å². The molecule has 1 saturated heterocycles. The molecule has 26 heavy (non-hydrogen) atoms. The first-order valence-corrected chi connectivity index (χ1v) is 9.03. The van der Waals surface area contributed by atoms with Crippen LogP contribution in [0.4, 0.5) is 10.1 Å². The lowest BCUT2D eigenvalue weighted by molar-refractivity contribution is -0.116. The fourth-order valence-electron chi connectivity index (χ4n) is 3.59. The average molecular weight is 356 g/mol. The Bertz CT molecular complexity index is 753. The first-order chi connectivity index (χ1) is 12.5. The van der Waals surface area contributed by atoms with Crippen molar-refractivity contribution in [1.82, 2.24) is 4.90 Å². The molecule has 2 N–H and O–H groups in total. The summed E-state index contributed by atoms with van der Waals surface area (Å²) in [5, 5.41) is 12.5. The van der Waals surface area contributed by atoms with Gasteiger partial charge in [-0.1, -0.05) is 37.3 Å². The molecule has 0 radical (unpaired) electrons. The van der Waals surface area contributed by atoms with Gasteiger partial charge in [-0.15, -0.1) is 0 Å². The Kier molecular flexibility index (Phi) is 5.57. The lowest BCUT2D eigenvalue weighted by Gasteiger charge is -2.41. The minimum absolute atomic E-state index is 0.0334. The zero-order valence-corrected chi connectivity index (χ0v) is 15.0. The molecule has 1 aliphatic heterocycles. The molecule has 0 aliphatic carbocycles. The summed E-state index contributed by atoms with van der Waals surface area (Å²) >= 11 is 0. The number of halogens is 1. The molecule has 1 amide bonds. The third-order valence-electron chi connectivity index (χ3n) is 5.14. The molecule has 2 aromatic rings. The number of hydrogen-bond donors (Lipinski definition) is 2. The highest BCUT2D eigenvalue weighted by Gasteiger charge is 2.42. The van der Waals surface area contributed by atoms with Gasteiger partial charge in [0, 0.05) is 37.7 Å². The second-order valence-corrected chi connectivity index (χ2v) is 7.03. The Morgan fingerprint density at radius 1 is 1.27 bits per heavy atom. The molecule has 5 heteroatoms. The number of nitrogens with zero attached hydrogens (tertiary/aromatic N) is 1. The van der Waals surface area contributed by atoms with Gasteiger partial charge in [0.15, 0.2) is 0 Å². The van der Waals surface area contributed by atoms with E-state index in [0.29, 0.717) is 38.0 Å². The van der Waals surface area contributed by atoms with Gasteiger partial charge in [0.05, 0.1) is 0 Å². The van der Waals surface area contributed by atoms with Crippen LogP contribution in [0, 0.1) is 5.92 Å². The molecule has 2 unspecified atom stereocenters. The van der Waals surface area contributed by atoms with Gasteiger partial charge in [-0.05, 0) is 36.2 Å². The largest absolute Gasteiger partial charge is 0.508 e. The van der Waals surface area contributed by atoms with Gasteiger partial charge in [0.1, 0.15) is 11.4 Å². The number of carbonyl (C=O) groups excluding carboxylic acids is 1. The molecule has 4 nitrogen and oxygen atoms in total. The van der Waals surface area contributed by atoms with Crippen LogP contribution in [-0.4, -0.2) is 35.5 Å². The minimum atomic E-state index is -1.44. The summed E-state index contributed by atoms with van der Waals surface area (Å²) < 4.78 is 15.5. The number of likely N-dealkylation sites (tertiary alicyclic amines) is 1. The van der Waals surface area contributed by atoms with E-state index in [1.165, 1.54) is 6.07 Å².